The molecule has 2 heterocycles. The number of anilines is 1. The summed E-state index contributed by atoms with van der Waals surface area (Å²) >= 11 is 5.94. The van der Waals surface area contributed by atoms with E-state index >= 15 is 0 Å². The van der Waals surface area contributed by atoms with Crippen molar-refractivity contribution in [3.63, 3.8) is 0 Å². The zero-order chi connectivity index (χ0) is 16.6. The summed E-state index contributed by atoms with van der Waals surface area (Å²) in [6.45, 7) is 0.497. The van der Waals surface area contributed by atoms with Gasteiger partial charge in [-0.05, 0) is 29.3 Å². The molecule has 0 atom stereocenters. The summed E-state index contributed by atoms with van der Waals surface area (Å²) in [5.74, 6) is 0.561. The van der Waals surface area contributed by atoms with Crippen molar-refractivity contribution in [2.45, 2.75) is 11.4 Å². The van der Waals surface area contributed by atoms with Gasteiger partial charge in [0.15, 0.2) is 26.8 Å². The number of nitrogens with one attached hydrogen (secondary N) is 1. The second kappa shape index (κ2) is 5.78. The molecular weight excluding hydrogens is 338 g/mol. The van der Waals surface area contributed by atoms with Gasteiger partial charge in [-0.1, -0.05) is 12.1 Å². The van der Waals surface area contributed by atoms with Gasteiger partial charge >= 0.3 is 0 Å². The molecule has 9 heteroatoms. The summed E-state index contributed by atoms with van der Waals surface area (Å²) < 4.78 is 24.8. The fraction of sp³-hybridized carbons (Fsp3) is 0.214. The van der Waals surface area contributed by atoms with E-state index in [0.29, 0.717) is 28.4 Å². The third kappa shape index (κ3) is 3.13. The summed E-state index contributed by atoms with van der Waals surface area (Å²) in [7, 11) is -1.46. The van der Waals surface area contributed by atoms with E-state index in [0.717, 1.165) is 5.56 Å². The molecule has 1 aromatic carbocycles. The lowest BCUT2D eigenvalue weighted by molar-refractivity contribution is 0.602. The molecular formula is C14H14ClN5O2S. The van der Waals surface area contributed by atoms with Crippen LogP contribution in [-0.2, 0) is 16.4 Å². The fourth-order valence-corrected chi connectivity index (χ4v) is 3.04. The van der Waals surface area contributed by atoms with Crippen molar-refractivity contribution in [2.75, 3.05) is 18.6 Å². The number of nitrogens with zero attached hydrogens (tertiary/aromatic N) is 4. The third-order valence-electron chi connectivity index (χ3n) is 3.38. The number of aromatic nitrogens is 4. The highest BCUT2D eigenvalue weighted by atomic mass is 35.5. The fourth-order valence-electron chi connectivity index (χ4n) is 2.25. The van der Waals surface area contributed by atoms with Gasteiger partial charge in [-0.15, -0.1) is 0 Å². The van der Waals surface area contributed by atoms with Crippen molar-refractivity contribution >= 4 is 38.4 Å². The van der Waals surface area contributed by atoms with Crippen molar-refractivity contribution in [2.24, 2.45) is 0 Å². The summed E-state index contributed by atoms with van der Waals surface area (Å²) in [5.41, 5.74) is 2.17. The lowest BCUT2D eigenvalue weighted by Crippen LogP contribution is -2.02. The largest absolute Gasteiger partial charge is 0.371 e. The summed E-state index contributed by atoms with van der Waals surface area (Å²) in [6.07, 6.45) is 2.84. The summed E-state index contributed by atoms with van der Waals surface area (Å²) in [5, 5.41) is 3.07. The lowest BCUT2D eigenvalue weighted by atomic mass is 10.2. The molecule has 0 fully saturated rings. The van der Waals surface area contributed by atoms with Gasteiger partial charge in [0.1, 0.15) is 0 Å². The van der Waals surface area contributed by atoms with Gasteiger partial charge in [-0.3, -0.25) is 0 Å². The minimum Gasteiger partial charge on any atom is -0.371 e. The Balaban J connectivity index is 1.97. The van der Waals surface area contributed by atoms with Crippen LogP contribution in [0.3, 0.4) is 0 Å². The molecule has 3 aromatic rings. The smallest absolute Gasteiger partial charge is 0.226 e. The zero-order valence-corrected chi connectivity index (χ0v) is 14.1. The molecule has 0 aliphatic rings. The van der Waals surface area contributed by atoms with Crippen molar-refractivity contribution in [3.8, 4) is 0 Å². The topological polar surface area (TPSA) is 89.8 Å². The minimum atomic E-state index is -3.20. The minimum absolute atomic E-state index is 0.135. The molecule has 0 amide bonds. The first-order valence-electron chi connectivity index (χ1n) is 6.73. The molecule has 1 N–H and O–H groups in total. The molecule has 0 aliphatic carbocycles. The van der Waals surface area contributed by atoms with Crippen molar-refractivity contribution in [3.05, 3.63) is 41.4 Å². The quantitative estimate of drug-likeness (QED) is 0.723. The van der Waals surface area contributed by atoms with Gasteiger partial charge in [-0.2, -0.15) is 9.97 Å². The molecule has 0 radical (unpaired) electrons. The average Bonchev–Trinajstić information content (AvgIpc) is 2.89. The zero-order valence-electron chi connectivity index (χ0n) is 12.5. The van der Waals surface area contributed by atoms with Crippen LogP contribution in [0.15, 0.2) is 35.5 Å². The summed E-state index contributed by atoms with van der Waals surface area (Å²) in [4.78, 5) is 12.9. The predicted octanol–water partition coefficient (Wildman–Crippen LogP) is 1.97. The third-order valence-corrected chi connectivity index (χ3v) is 4.68. The summed E-state index contributed by atoms with van der Waals surface area (Å²) in [6, 6.07) is 6.71. The van der Waals surface area contributed by atoms with Crippen LogP contribution in [-0.4, -0.2) is 41.2 Å². The Bertz CT molecular complexity index is 967. The van der Waals surface area contributed by atoms with E-state index in [1.54, 1.807) is 37.6 Å². The molecule has 0 bridgehead atoms. The van der Waals surface area contributed by atoms with Crippen LogP contribution in [0.2, 0.25) is 5.28 Å². The molecule has 0 spiro atoms. The highest BCUT2D eigenvalue weighted by Gasteiger charge is 2.12. The second-order valence-corrected chi connectivity index (χ2v) is 7.41. The highest BCUT2D eigenvalue weighted by Crippen LogP contribution is 2.21. The maximum atomic E-state index is 11.5. The van der Waals surface area contributed by atoms with Crippen molar-refractivity contribution < 1.29 is 8.42 Å². The number of halogens is 1. The van der Waals surface area contributed by atoms with Crippen LogP contribution < -0.4 is 5.32 Å². The van der Waals surface area contributed by atoms with Crippen molar-refractivity contribution in [1.82, 2.24) is 19.5 Å². The molecule has 23 heavy (non-hydrogen) atoms. The molecule has 0 aliphatic heterocycles. The maximum Gasteiger partial charge on any atom is 0.226 e. The number of hydrogen-bond acceptors (Lipinski definition) is 6. The molecule has 0 saturated carbocycles. The maximum absolute atomic E-state index is 11.5. The Morgan fingerprint density at radius 1 is 1.22 bits per heavy atom. The van der Waals surface area contributed by atoms with E-state index in [2.05, 4.69) is 20.3 Å². The molecule has 0 saturated heterocycles. The molecule has 0 unspecified atom stereocenters. The van der Waals surface area contributed by atoms with E-state index in [1.165, 1.54) is 6.26 Å². The van der Waals surface area contributed by atoms with E-state index in [4.69, 9.17) is 11.6 Å². The Morgan fingerprint density at radius 3 is 2.52 bits per heavy atom. The standard InChI is InChI=1S/C14H14ClN5O2S/c1-16-12-11-13(19-14(15)18-12)20(8-17-11)7-9-3-5-10(6-4-9)23(2,21)22/h3-6,8H,7H2,1-2H3,(H,16,18,19). The first kappa shape index (κ1) is 15.7. The van der Waals surface area contributed by atoms with E-state index in [9.17, 15) is 8.42 Å². The van der Waals surface area contributed by atoms with E-state index < -0.39 is 9.84 Å². The van der Waals surface area contributed by atoms with Crippen molar-refractivity contribution in [1.29, 1.82) is 0 Å². The number of hydrogen-bond donors (Lipinski definition) is 1. The lowest BCUT2D eigenvalue weighted by Gasteiger charge is -2.06. The van der Waals surface area contributed by atoms with Gasteiger partial charge in [0, 0.05) is 13.3 Å². The second-order valence-electron chi connectivity index (χ2n) is 5.05. The number of benzene rings is 1. The van der Waals surface area contributed by atoms with Crippen LogP contribution in [0, 0.1) is 0 Å². The Hall–Kier alpha value is -2.19. The van der Waals surface area contributed by atoms with Gasteiger partial charge < -0.3 is 9.88 Å². The number of imidazole rings is 1. The number of rotatable bonds is 4. The monoisotopic (exact) mass is 351 g/mol. The van der Waals surface area contributed by atoms with Crippen LogP contribution in [0.4, 0.5) is 5.82 Å². The molecule has 120 valence electrons. The highest BCUT2D eigenvalue weighted by molar-refractivity contribution is 7.90. The van der Waals surface area contributed by atoms with Gasteiger partial charge in [-0.25, -0.2) is 13.4 Å². The van der Waals surface area contributed by atoms with E-state index in [1.807, 2.05) is 4.57 Å². The van der Waals surface area contributed by atoms with Crippen LogP contribution >= 0.6 is 11.6 Å². The number of sulfone groups is 1. The predicted molar refractivity (Wildman–Crippen MR) is 88.5 cm³/mol. The Morgan fingerprint density at radius 2 is 1.91 bits per heavy atom. The van der Waals surface area contributed by atoms with Crippen LogP contribution in [0.25, 0.3) is 11.2 Å². The molecule has 2 aromatic heterocycles. The Labute approximate surface area is 138 Å². The van der Waals surface area contributed by atoms with Gasteiger partial charge in [0.25, 0.3) is 0 Å². The number of fused-ring (bicyclic) bond motifs is 1. The van der Waals surface area contributed by atoms with E-state index in [-0.39, 0.29) is 5.28 Å². The van der Waals surface area contributed by atoms with Crippen LogP contribution in [0.5, 0.6) is 0 Å². The van der Waals surface area contributed by atoms with Crippen LogP contribution in [0.1, 0.15) is 5.56 Å². The SMILES string of the molecule is CNc1nc(Cl)nc2c1ncn2Cc1ccc(S(C)(=O)=O)cc1. The normalized spacial score (nSPS) is 11.8. The van der Waals surface area contributed by atoms with Gasteiger partial charge in [0.2, 0.25) is 5.28 Å². The average molecular weight is 352 g/mol. The molecule has 7 nitrogen and oxygen atoms in total. The Kier molecular flexibility index (Phi) is 3.95. The molecule has 3 rings (SSSR count). The first-order valence-corrected chi connectivity index (χ1v) is 9.00. The first-order chi connectivity index (χ1) is 10.9. The van der Waals surface area contributed by atoms with Gasteiger partial charge in [0.05, 0.1) is 17.8 Å².